The van der Waals surface area contributed by atoms with Crippen LogP contribution in [0, 0.1) is 0 Å². The summed E-state index contributed by atoms with van der Waals surface area (Å²) in [5.74, 6) is 0.0967. The fourth-order valence-electron chi connectivity index (χ4n) is 4.63. The highest BCUT2D eigenvalue weighted by atomic mass is 16.4. The van der Waals surface area contributed by atoms with Crippen LogP contribution in [0.2, 0.25) is 0 Å². The lowest BCUT2D eigenvalue weighted by Crippen LogP contribution is -2.54. The van der Waals surface area contributed by atoms with Crippen LogP contribution in [0.3, 0.4) is 0 Å². The molecule has 0 aliphatic carbocycles. The number of carboxylic acid groups (broad SMARTS) is 1. The molecule has 7 nitrogen and oxygen atoms in total. The van der Waals surface area contributed by atoms with E-state index in [2.05, 4.69) is 5.10 Å². The van der Waals surface area contributed by atoms with Gasteiger partial charge in [-0.3, -0.25) is 9.48 Å². The van der Waals surface area contributed by atoms with E-state index in [0.717, 1.165) is 69.3 Å². The van der Waals surface area contributed by atoms with Gasteiger partial charge in [0.25, 0.3) is 5.91 Å². The standard InChI is InChI=1S/C17H24N4O3/c22-15(13-12-18-21-9-2-1-4-14(13)21)20-8-3-5-17(20)6-10-19(11-7-17)16(23)24/h12H,1-11H2,(H,23,24). The van der Waals surface area contributed by atoms with Gasteiger partial charge in [0.15, 0.2) is 0 Å². The first kappa shape index (κ1) is 15.5. The van der Waals surface area contributed by atoms with Crippen molar-refractivity contribution in [3.8, 4) is 0 Å². The number of piperidine rings is 1. The molecule has 3 aliphatic rings. The summed E-state index contributed by atoms with van der Waals surface area (Å²) in [5.41, 5.74) is 1.68. The van der Waals surface area contributed by atoms with E-state index in [1.165, 1.54) is 4.90 Å². The Bertz CT molecular complexity index is 661. The maximum atomic E-state index is 13.2. The second-order valence-electron chi connectivity index (χ2n) is 7.24. The lowest BCUT2D eigenvalue weighted by Gasteiger charge is -2.44. The Morgan fingerprint density at radius 1 is 1.04 bits per heavy atom. The van der Waals surface area contributed by atoms with E-state index in [0.29, 0.717) is 13.1 Å². The highest BCUT2D eigenvalue weighted by Gasteiger charge is 2.46. The molecule has 7 heteroatoms. The minimum atomic E-state index is -0.855. The number of hydrogen-bond donors (Lipinski definition) is 1. The monoisotopic (exact) mass is 332 g/mol. The molecular formula is C17H24N4O3. The maximum absolute atomic E-state index is 13.2. The number of aryl methyl sites for hydroxylation is 1. The number of nitrogens with zero attached hydrogens (tertiary/aromatic N) is 4. The number of amides is 2. The minimum absolute atomic E-state index is 0.0967. The molecule has 0 bridgehead atoms. The highest BCUT2D eigenvalue weighted by Crippen LogP contribution is 2.39. The molecule has 0 radical (unpaired) electrons. The largest absolute Gasteiger partial charge is 0.465 e. The summed E-state index contributed by atoms with van der Waals surface area (Å²) in [6.07, 6.45) is 7.52. The van der Waals surface area contributed by atoms with E-state index < -0.39 is 6.09 Å². The highest BCUT2D eigenvalue weighted by molar-refractivity contribution is 5.96. The molecule has 1 aromatic rings. The second-order valence-corrected chi connectivity index (χ2v) is 7.24. The van der Waals surface area contributed by atoms with Crippen molar-refractivity contribution >= 4 is 12.0 Å². The predicted octanol–water partition coefficient (Wildman–Crippen LogP) is 1.97. The summed E-state index contributed by atoms with van der Waals surface area (Å²) in [4.78, 5) is 27.9. The Hall–Kier alpha value is -2.05. The summed E-state index contributed by atoms with van der Waals surface area (Å²) >= 11 is 0. The molecule has 2 saturated heterocycles. The third-order valence-corrected chi connectivity index (χ3v) is 6.02. The van der Waals surface area contributed by atoms with Crippen molar-refractivity contribution in [3.05, 3.63) is 17.5 Å². The molecule has 4 rings (SSSR count). The van der Waals surface area contributed by atoms with Gasteiger partial charge in [-0.1, -0.05) is 0 Å². The summed E-state index contributed by atoms with van der Waals surface area (Å²) < 4.78 is 1.98. The first-order chi connectivity index (χ1) is 11.6. The van der Waals surface area contributed by atoms with E-state index in [1.54, 1.807) is 6.20 Å². The van der Waals surface area contributed by atoms with Crippen molar-refractivity contribution in [2.45, 2.75) is 57.0 Å². The lowest BCUT2D eigenvalue weighted by molar-refractivity contribution is 0.0380. The molecule has 24 heavy (non-hydrogen) atoms. The fourth-order valence-corrected chi connectivity index (χ4v) is 4.63. The van der Waals surface area contributed by atoms with Crippen LogP contribution in [-0.4, -0.2) is 61.9 Å². The molecule has 0 unspecified atom stereocenters. The smallest absolute Gasteiger partial charge is 0.407 e. The van der Waals surface area contributed by atoms with Gasteiger partial charge in [-0.2, -0.15) is 5.10 Å². The summed E-state index contributed by atoms with van der Waals surface area (Å²) in [7, 11) is 0. The van der Waals surface area contributed by atoms with Gasteiger partial charge in [-0.05, 0) is 44.9 Å². The van der Waals surface area contributed by atoms with Gasteiger partial charge in [-0.25, -0.2) is 4.79 Å². The van der Waals surface area contributed by atoms with E-state index in [1.807, 2.05) is 9.58 Å². The molecule has 2 fully saturated rings. The predicted molar refractivity (Wildman–Crippen MR) is 87.0 cm³/mol. The van der Waals surface area contributed by atoms with Crippen LogP contribution in [-0.2, 0) is 13.0 Å². The van der Waals surface area contributed by atoms with Gasteiger partial charge >= 0.3 is 6.09 Å². The molecule has 1 spiro atoms. The van der Waals surface area contributed by atoms with Crippen molar-refractivity contribution in [2.24, 2.45) is 0 Å². The summed E-state index contributed by atoms with van der Waals surface area (Å²) in [5, 5.41) is 13.6. The molecule has 1 aromatic heterocycles. The third-order valence-electron chi connectivity index (χ3n) is 6.02. The number of aromatic nitrogens is 2. The minimum Gasteiger partial charge on any atom is -0.465 e. The Balaban J connectivity index is 1.56. The maximum Gasteiger partial charge on any atom is 0.407 e. The molecule has 0 saturated carbocycles. The average Bonchev–Trinajstić information content (AvgIpc) is 3.19. The van der Waals surface area contributed by atoms with Gasteiger partial charge in [0.05, 0.1) is 17.5 Å². The normalized spacial score (nSPS) is 22.7. The van der Waals surface area contributed by atoms with Crippen LogP contribution >= 0.6 is 0 Å². The zero-order valence-electron chi connectivity index (χ0n) is 13.9. The Morgan fingerprint density at radius 3 is 2.58 bits per heavy atom. The molecule has 3 aliphatic heterocycles. The van der Waals surface area contributed by atoms with E-state index in [-0.39, 0.29) is 11.4 Å². The number of rotatable bonds is 1. The molecule has 1 N–H and O–H groups in total. The number of carbonyl (C=O) groups is 2. The van der Waals surface area contributed by atoms with Crippen molar-refractivity contribution in [1.29, 1.82) is 0 Å². The Morgan fingerprint density at radius 2 is 1.83 bits per heavy atom. The topological polar surface area (TPSA) is 78.7 Å². The van der Waals surface area contributed by atoms with E-state index in [4.69, 9.17) is 5.11 Å². The first-order valence-corrected chi connectivity index (χ1v) is 8.95. The van der Waals surface area contributed by atoms with Crippen LogP contribution in [0.15, 0.2) is 6.20 Å². The second kappa shape index (κ2) is 5.79. The SMILES string of the molecule is O=C(O)N1CCC2(CCCN2C(=O)c2cnn3c2CCCC3)CC1. The van der Waals surface area contributed by atoms with Crippen LogP contribution in [0.5, 0.6) is 0 Å². The van der Waals surface area contributed by atoms with Gasteiger partial charge in [0, 0.05) is 31.7 Å². The van der Waals surface area contributed by atoms with Crippen LogP contribution in [0.4, 0.5) is 4.79 Å². The number of carbonyl (C=O) groups excluding carboxylic acids is 1. The molecular weight excluding hydrogens is 308 g/mol. The van der Waals surface area contributed by atoms with Crippen LogP contribution in [0.25, 0.3) is 0 Å². The molecule has 130 valence electrons. The third kappa shape index (κ3) is 2.37. The quantitative estimate of drug-likeness (QED) is 0.853. The van der Waals surface area contributed by atoms with Crippen molar-refractivity contribution in [1.82, 2.24) is 19.6 Å². The van der Waals surface area contributed by atoms with Gasteiger partial charge in [0.2, 0.25) is 0 Å². The van der Waals surface area contributed by atoms with E-state index >= 15 is 0 Å². The van der Waals surface area contributed by atoms with Crippen molar-refractivity contribution in [3.63, 3.8) is 0 Å². The first-order valence-electron chi connectivity index (χ1n) is 8.95. The number of fused-ring (bicyclic) bond motifs is 1. The average molecular weight is 332 g/mol. The summed E-state index contributed by atoms with van der Waals surface area (Å²) in [6, 6.07) is 0. The molecule has 0 atom stereocenters. The van der Waals surface area contributed by atoms with Gasteiger partial charge in [-0.15, -0.1) is 0 Å². The Labute approximate surface area is 141 Å². The number of hydrogen-bond acceptors (Lipinski definition) is 3. The van der Waals surface area contributed by atoms with Crippen LogP contribution in [0.1, 0.15) is 54.6 Å². The van der Waals surface area contributed by atoms with Gasteiger partial charge < -0.3 is 14.9 Å². The Kier molecular flexibility index (Phi) is 3.73. The van der Waals surface area contributed by atoms with Gasteiger partial charge in [0.1, 0.15) is 0 Å². The zero-order valence-corrected chi connectivity index (χ0v) is 13.9. The molecule has 4 heterocycles. The number of likely N-dealkylation sites (tertiary alicyclic amines) is 2. The fraction of sp³-hybridized carbons (Fsp3) is 0.706. The van der Waals surface area contributed by atoms with E-state index in [9.17, 15) is 9.59 Å². The summed E-state index contributed by atoms with van der Waals surface area (Å²) in [6.45, 7) is 2.72. The van der Waals surface area contributed by atoms with Crippen molar-refractivity contribution in [2.75, 3.05) is 19.6 Å². The molecule has 0 aromatic carbocycles. The van der Waals surface area contributed by atoms with Crippen molar-refractivity contribution < 1.29 is 14.7 Å². The van der Waals surface area contributed by atoms with Crippen LogP contribution < -0.4 is 0 Å². The zero-order chi connectivity index (χ0) is 16.7. The lowest BCUT2D eigenvalue weighted by atomic mass is 9.84. The molecule has 2 amide bonds.